The van der Waals surface area contributed by atoms with Crippen molar-refractivity contribution in [2.75, 3.05) is 18.4 Å². The van der Waals surface area contributed by atoms with Gasteiger partial charge in [0.2, 0.25) is 0 Å². The maximum absolute atomic E-state index is 12.8. The Labute approximate surface area is 141 Å². The molecule has 0 radical (unpaired) electrons. The van der Waals surface area contributed by atoms with Crippen LogP contribution in [0.1, 0.15) is 26.3 Å². The minimum Gasteiger partial charge on any atom is -0.444 e. The number of nitrogens with one attached hydrogen (secondary N) is 1. The third-order valence-corrected chi connectivity index (χ3v) is 3.59. The molecule has 1 saturated heterocycles. The van der Waals surface area contributed by atoms with Crippen molar-refractivity contribution in [3.05, 3.63) is 28.2 Å². The number of benzene rings is 1. The fourth-order valence-corrected chi connectivity index (χ4v) is 2.61. The molecule has 2 rings (SSSR count). The van der Waals surface area contributed by atoms with E-state index in [-0.39, 0.29) is 6.04 Å². The maximum Gasteiger partial charge on any atom is 0.416 e. The van der Waals surface area contributed by atoms with Crippen molar-refractivity contribution >= 4 is 27.7 Å². The highest BCUT2D eigenvalue weighted by Crippen LogP contribution is 2.34. The van der Waals surface area contributed by atoms with Crippen molar-refractivity contribution in [1.29, 1.82) is 0 Å². The summed E-state index contributed by atoms with van der Waals surface area (Å²) in [5.41, 5.74) is -0.931. The van der Waals surface area contributed by atoms with E-state index in [1.165, 1.54) is 4.90 Å². The Hall–Kier alpha value is -1.44. The zero-order chi connectivity index (χ0) is 17.4. The summed E-state index contributed by atoms with van der Waals surface area (Å²) in [5.74, 6) is 0. The maximum atomic E-state index is 12.8. The standard InChI is InChI=1S/C15H18BrF3N2O2/c1-14(2,3)23-13(22)21-7-12(8-21)20-11-5-9(15(17,18)19)4-10(16)6-11/h4-6,12,20H,7-8H2,1-3H3. The Morgan fingerprint density at radius 1 is 1.26 bits per heavy atom. The molecule has 0 aliphatic carbocycles. The van der Waals surface area contributed by atoms with Gasteiger partial charge in [-0.2, -0.15) is 13.2 Å². The number of anilines is 1. The zero-order valence-electron chi connectivity index (χ0n) is 13.0. The smallest absolute Gasteiger partial charge is 0.416 e. The van der Waals surface area contributed by atoms with Gasteiger partial charge in [-0.15, -0.1) is 0 Å². The van der Waals surface area contributed by atoms with Gasteiger partial charge in [-0.05, 0) is 39.0 Å². The van der Waals surface area contributed by atoms with E-state index in [9.17, 15) is 18.0 Å². The number of carbonyl (C=O) groups is 1. The Bertz CT molecular complexity index is 593. The summed E-state index contributed by atoms with van der Waals surface area (Å²) in [7, 11) is 0. The molecule has 0 spiro atoms. The SMILES string of the molecule is CC(C)(C)OC(=O)N1CC(Nc2cc(Br)cc(C(F)(F)F)c2)C1. The number of alkyl halides is 3. The molecule has 23 heavy (non-hydrogen) atoms. The van der Waals surface area contributed by atoms with Gasteiger partial charge in [-0.1, -0.05) is 15.9 Å². The molecule has 0 aromatic heterocycles. The minimum atomic E-state index is -4.40. The fraction of sp³-hybridized carbons (Fsp3) is 0.533. The van der Waals surface area contributed by atoms with Crippen molar-refractivity contribution in [3.63, 3.8) is 0 Å². The van der Waals surface area contributed by atoms with E-state index in [1.807, 2.05) is 0 Å². The van der Waals surface area contributed by atoms with Crippen LogP contribution < -0.4 is 5.32 Å². The van der Waals surface area contributed by atoms with E-state index >= 15 is 0 Å². The molecule has 1 aromatic rings. The third kappa shape index (κ3) is 5.02. The largest absolute Gasteiger partial charge is 0.444 e. The van der Waals surface area contributed by atoms with E-state index in [4.69, 9.17) is 4.74 Å². The van der Waals surface area contributed by atoms with Crippen LogP contribution in [-0.4, -0.2) is 35.7 Å². The molecular formula is C15H18BrF3N2O2. The molecule has 0 atom stereocenters. The molecule has 128 valence electrons. The van der Waals surface area contributed by atoms with Gasteiger partial charge in [0.25, 0.3) is 0 Å². The second-order valence-corrected chi connectivity index (χ2v) is 7.37. The average Bonchev–Trinajstić information content (AvgIpc) is 2.29. The molecule has 8 heteroatoms. The molecule has 1 amide bonds. The Kier molecular flexibility index (Phi) is 4.84. The second kappa shape index (κ2) is 6.22. The highest BCUT2D eigenvalue weighted by Gasteiger charge is 2.35. The summed E-state index contributed by atoms with van der Waals surface area (Å²) < 4.78 is 43.9. The van der Waals surface area contributed by atoms with Gasteiger partial charge in [0.1, 0.15) is 5.60 Å². The van der Waals surface area contributed by atoms with Gasteiger partial charge >= 0.3 is 12.3 Å². The molecule has 0 bridgehead atoms. The van der Waals surface area contributed by atoms with Crippen LogP contribution in [0.5, 0.6) is 0 Å². The molecule has 1 aliphatic rings. The summed E-state index contributed by atoms with van der Waals surface area (Å²) in [5, 5.41) is 3.00. The first-order chi connectivity index (χ1) is 10.4. The molecular weight excluding hydrogens is 377 g/mol. The number of hydrogen-bond donors (Lipinski definition) is 1. The molecule has 1 N–H and O–H groups in total. The first kappa shape index (κ1) is 17.9. The van der Waals surface area contributed by atoms with Crippen molar-refractivity contribution in [3.8, 4) is 0 Å². The van der Waals surface area contributed by atoms with Gasteiger partial charge in [0.05, 0.1) is 11.6 Å². The number of likely N-dealkylation sites (tertiary alicyclic amines) is 1. The highest BCUT2D eigenvalue weighted by molar-refractivity contribution is 9.10. The van der Waals surface area contributed by atoms with E-state index in [1.54, 1.807) is 26.8 Å². The van der Waals surface area contributed by atoms with Gasteiger partial charge < -0.3 is 15.0 Å². The van der Waals surface area contributed by atoms with E-state index in [2.05, 4.69) is 21.2 Å². The third-order valence-electron chi connectivity index (χ3n) is 3.13. The van der Waals surface area contributed by atoms with Gasteiger partial charge in [-0.3, -0.25) is 0 Å². The quantitative estimate of drug-likeness (QED) is 0.802. The fourth-order valence-electron chi connectivity index (χ4n) is 2.12. The monoisotopic (exact) mass is 394 g/mol. The van der Waals surface area contributed by atoms with Crippen molar-refractivity contribution in [2.24, 2.45) is 0 Å². The number of hydrogen-bond acceptors (Lipinski definition) is 3. The number of nitrogens with zero attached hydrogens (tertiary/aromatic N) is 1. The molecule has 0 saturated carbocycles. The van der Waals surface area contributed by atoms with Crippen molar-refractivity contribution in [2.45, 2.75) is 38.6 Å². The first-order valence-electron chi connectivity index (χ1n) is 7.06. The van der Waals surface area contributed by atoms with Crippen molar-refractivity contribution < 1.29 is 22.7 Å². The normalized spacial score (nSPS) is 16.0. The van der Waals surface area contributed by atoms with Crippen LogP contribution in [0, 0.1) is 0 Å². The van der Waals surface area contributed by atoms with Crippen LogP contribution in [0.2, 0.25) is 0 Å². The number of amides is 1. The van der Waals surface area contributed by atoms with Crippen LogP contribution in [0.15, 0.2) is 22.7 Å². The van der Waals surface area contributed by atoms with Gasteiger partial charge in [0.15, 0.2) is 0 Å². The number of ether oxygens (including phenoxy) is 1. The Morgan fingerprint density at radius 2 is 1.87 bits per heavy atom. The van der Waals surface area contributed by atoms with Crippen LogP contribution in [0.3, 0.4) is 0 Å². The average molecular weight is 395 g/mol. The number of rotatable bonds is 2. The van der Waals surface area contributed by atoms with Crippen molar-refractivity contribution in [1.82, 2.24) is 4.90 Å². The Balaban J connectivity index is 1.93. The van der Waals surface area contributed by atoms with Gasteiger partial charge in [0, 0.05) is 23.2 Å². The molecule has 1 fully saturated rings. The lowest BCUT2D eigenvalue weighted by molar-refractivity contribution is -0.137. The minimum absolute atomic E-state index is 0.0992. The number of carbonyl (C=O) groups excluding carboxylic acids is 1. The lowest BCUT2D eigenvalue weighted by atomic mass is 10.1. The second-order valence-electron chi connectivity index (χ2n) is 6.45. The predicted molar refractivity (Wildman–Crippen MR) is 84.4 cm³/mol. The van der Waals surface area contributed by atoms with Crippen LogP contribution in [0.4, 0.5) is 23.7 Å². The van der Waals surface area contributed by atoms with E-state index < -0.39 is 23.4 Å². The zero-order valence-corrected chi connectivity index (χ0v) is 14.6. The summed E-state index contributed by atoms with van der Waals surface area (Å²) in [6, 6.07) is 3.56. The van der Waals surface area contributed by atoms with E-state index in [0.29, 0.717) is 23.2 Å². The van der Waals surface area contributed by atoms with Crippen LogP contribution >= 0.6 is 15.9 Å². The van der Waals surface area contributed by atoms with E-state index in [0.717, 1.165) is 12.1 Å². The number of halogens is 4. The summed E-state index contributed by atoms with van der Waals surface area (Å²) in [6.07, 6.45) is -4.82. The lowest BCUT2D eigenvalue weighted by Crippen LogP contribution is -2.57. The van der Waals surface area contributed by atoms with Gasteiger partial charge in [-0.25, -0.2) is 4.79 Å². The lowest BCUT2D eigenvalue weighted by Gasteiger charge is -2.40. The topological polar surface area (TPSA) is 41.6 Å². The molecule has 1 heterocycles. The molecule has 4 nitrogen and oxygen atoms in total. The molecule has 1 aliphatic heterocycles. The summed E-state index contributed by atoms with van der Waals surface area (Å²) in [6.45, 7) is 6.12. The highest BCUT2D eigenvalue weighted by atomic mass is 79.9. The summed E-state index contributed by atoms with van der Waals surface area (Å²) in [4.78, 5) is 13.3. The first-order valence-corrected chi connectivity index (χ1v) is 7.85. The van der Waals surface area contributed by atoms with Crippen LogP contribution in [-0.2, 0) is 10.9 Å². The Morgan fingerprint density at radius 3 is 2.39 bits per heavy atom. The van der Waals surface area contributed by atoms with Crippen LogP contribution in [0.25, 0.3) is 0 Å². The predicted octanol–water partition coefficient (Wildman–Crippen LogP) is 4.50. The summed E-state index contributed by atoms with van der Waals surface area (Å²) >= 11 is 3.08. The molecule has 1 aromatic carbocycles. The molecule has 0 unspecified atom stereocenters.